The van der Waals surface area contributed by atoms with Crippen molar-refractivity contribution in [2.45, 2.75) is 59.3 Å². The molecule has 0 amide bonds. The minimum atomic E-state index is 0.325. The summed E-state index contributed by atoms with van der Waals surface area (Å²) in [5, 5.41) is 0. The first kappa shape index (κ1) is 11.7. The lowest BCUT2D eigenvalue weighted by Gasteiger charge is -2.30. The molecule has 0 aromatic heterocycles. The fourth-order valence-electron chi connectivity index (χ4n) is 2.06. The van der Waals surface area contributed by atoms with Gasteiger partial charge in [-0.05, 0) is 18.3 Å². The third-order valence-electron chi connectivity index (χ3n) is 2.83. The third-order valence-corrected chi connectivity index (χ3v) is 2.83. The predicted octanol–water partition coefficient (Wildman–Crippen LogP) is 3.57. The van der Waals surface area contributed by atoms with Gasteiger partial charge in [0.05, 0.1) is 0 Å². The molecule has 0 N–H and O–H groups in total. The smallest absolute Gasteiger partial charge is 0.120 e. The van der Waals surface area contributed by atoms with Gasteiger partial charge in [0, 0.05) is 6.42 Å². The van der Waals surface area contributed by atoms with Gasteiger partial charge in [-0.1, -0.05) is 40.0 Å². The van der Waals surface area contributed by atoms with Crippen LogP contribution >= 0.6 is 0 Å². The van der Waals surface area contributed by atoms with Crippen LogP contribution in [0.25, 0.3) is 0 Å². The highest BCUT2D eigenvalue weighted by Gasteiger charge is 2.25. The van der Waals surface area contributed by atoms with E-state index in [1.54, 1.807) is 0 Å². The van der Waals surface area contributed by atoms with E-state index in [-0.39, 0.29) is 0 Å². The molecule has 72 valence electrons. The Morgan fingerprint density at radius 1 is 1.08 bits per heavy atom. The average molecular weight is 170 g/mol. The van der Waals surface area contributed by atoms with Crippen molar-refractivity contribution in [1.82, 2.24) is 0 Å². The monoisotopic (exact) mass is 170 g/mol. The van der Waals surface area contributed by atoms with Crippen LogP contribution in [0.5, 0.6) is 0 Å². The van der Waals surface area contributed by atoms with Crippen molar-refractivity contribution >= 4 is 6.29 Å². The molecule has 0 bridgehead atoms. The Hall–Kier alpha value is -0.330. The molecular weight excluding hydrogens is 148 g/mol. The van der Waals surface area contributed by atoms with Gasteiger partial charge in [-0.2, -0.15) is 0 Å². The molecule has 0 aliphatic rings. The van der Waals surface area contributed by atoms with E-state index in [2.05, 4.69) is 20.8 Å². The summed E-state index contributed by atoms with van der Waals surface area (Å²) in [5.74, 6) is 0. The molecule has 0 unspecified atom stereocenters. The van der Waals surface area contributed by atoms with E-state index in [9.17, 15) is 4.79 Å². The zero-order valence-electron chi connectivity index (χ0n) is 8.73. The minimum Gasteiger partial charge on any atom is -0.303 e. The Morgan fingerprint density at radius 3 is 1.83 bits per heavy atom. The van der Waals surface area contributed by atoms with E-state index < -0.39 is 0 Å². The van der Waals surface area contributed by atoms with Crippen molar-refractivity contribution < 1.29 is 4.79 Å². The molecular formula is C11H22O. The van der Waals surface area contributed by atoms with Crippen LogP contribution in [-0.4, -0.2) is 6.29 Å². The van der Waals surface area contributed by atoms with Crippen molar-refractivity contribution in [3.63, 3.8) is 0 Å². The van der Waals surface area contributed by atoms with Gasteiger partial charge in [-0.25, -0.2) is 0 Å². The molecule has 0 aliphatic heterocycles. The van der Waals surface area contributed by atoms with Crippen LogP contribution in [0.3, 0.4) is 0 Å². The van der Waals surface area contributed by atoms with Gasteiger partial charge in [0.1, 0.15) is 6.29 Å². The maximum Gasteiger partial charge on any atom is 0.120 e. The summed E-state index contributed by atoms with van der Waals surface area (Å²) >= 11 is 0. The van der Waals surface area contributed by atoms with Gasteiger partial charge in [-0.3, -0.25) is 0 Å². The Kier molecular flexibility index (Phi) is 6.04. The van der Waals surface area contributed by atoms with Crippen LogP contribution in [0.1, 0.15) is 59.3 Å². The SMILES string of the molecule is CCCC(CC)(CC=O)CCC. The van der Waals surface area contributed by atoms with E-state index in [0.29, 0.717) is 5.41 Å². The first-order valence-corrected chi connectivity index (χ1v) is 5.18. The molecule has 0 saturated carbocycles. The molecule has 1 nitrogen and oxygen atoms in total. The minimum absolute atomic E-state index is 0.325. The highest BCUT2D eigenvalue weighted by Crippen LogP contribution is 2.36. The van der Waals surface area contributed by atoms with Crippen LogP contribution in [0.4, 0.5) is 0 Å². The standard InChI is InChI=1S/C11H22O/c1-4-7-11(6-3,8-5-2)9-10-12/h10H,4-9H2,1-3H3. The molecule has 1 heteroatoms. The number of carbonyl (C=O) groups excluding carboxylic acids is 1. The van der Waals surface area contributed by atoms with Crippen molar-refractivity contribution in [1.29, 1.82) is 0 Å². The van der Waals surface area contributed by atoms with Crippen molar-refractivity contribution in [2.75, 3.05) is 0 Å². The molecule has 0 aromatic carbocycles. The van der Waals surface area contributed by atoms with Gasteiger partial charge in [0.25, 0.3) is 0 Å². The summed E-state index contributed by atoms with van der Waals surface area (Å²) in [5.41, 5.74) is 0.325. The quantitative estimate of drug-likeness (QED) is 0.534. The Morgan fingerprint density at radius 2 is 1.58 bits per heavy atom. The van der Waals surface area contributed by atoms with Crippen molar-refractivity contribution in [3.8, 4) is 0 Å². The second-order valence-electron chi connectivity index (χ2n) is 3.72. The third kappa shape index (κ3) is 3.38. The zero-order chi connectivity index (χ0) is 9.45. The van der Waals surface area contributed by atoms with Gasteiger partial charge < -0.3 is 4.79 Å². The summed E-state index contributed by atoms with van der Waals surface area (Å²) in [6.45, 7) is 6.60. The van der Waals surface area contributed by atoms with Crippen LogP contribution in [0.2, 0.25) is 0 Å². The zero-order valence-corrected chi connectivity index (χ0v) is 8.73. The summed E-state index contributed by atoms with van der Waals surface area (Å²) in [6.07, 6.45) is 7.79. The number of aldehydes is 1. The van der Waals surface area contributed by atoms with E-state index in [1.165, 1.54) is 25.7 Å². The van der Waals surface area contributed by atoms with E-state index in [0.717, 1.165) is 19.1 Å². The first-order chi connectivity index (χ1) is 5.74. The number of hydrogen-bond acceptors (Lipinski definition) is 1. The maximum absolute atomic E-state index is 10.5. The Bertz CT molecular complexity index is 112. The second kappa shape index (κ2) is 6.22. The van der Waals surface area contributed by atoms with Crippen molar-refractivity contribution in [3.05, 3.63) is 0 Å². The number of hydrogen-bond donors (Lipinski definition) is 0. The predicted molar refractivity (Wildman–Crippen MR) is 53.2 cm³/mol. The lowest BCUT2D eigenvalue weighted by atomic mass is 9.75. The molecule has 0 atom stereocenters. The molecule has 0 spiro atoms. The number of carbonyl (C=O) groups is 1. The highest BCUT2D eigenvalue weighted by atomic mass is 16.1. The van der Waals surface area contributed by atoms with Crippen LogP contribution in [0.15, 0.2) is 0 Å². The summed E-state index contributed by atoms with van der Waals surface area (Å²) in [6, 6.07) is 0. The normalized spacial score (nSPS) is 11.6. The molecule has 0 saturated heterocycles. The molecule has 0 rings (SSSR count). The van der Waals surface area contributed by atoms with Crippen LogP contribution in [-0.2, 0) is 4.79 Å². The van der Waals surface area contributed by atoms with Gasteiger partial charge in [0.2, 0.25) is 0 Å². The van der Waals surface area contributed by atoms with E-state index >= 15 is 0 Å². The topological polar surface area (TPSA) is 17.1 Å². The molecule has 0 heterocycles. The van der Waals surface area contributed by atoms with E-state index in [1.807, 2.05) is 0 Å². The molecule has 0 aliphatic carbocycles. The van der Waals surface area contributed by atoms with Crippen LogP contribution < -0.4 is 0 Å². The molecule has 0 aromatic rings. The fourth-order valence-corrected chi connectivity index (χ4v) is 2.06. The summed E-state index contributed by atoms with van der Waals surface area (Å²) in [7, 11) is 0. The maximum atomic E-state index is 10.5. The largest absolute Gasteiger partial charge is 0.303 e. The lowest BCUT2D eigenvalue weighted by molar-refractivity contribution is -0.110. The van der Waals surface area contributed by atoms with Gasteiger partial charge in [0.15, 0.2) is 0 Å². The van der Waals surface area contributed by atoms with Crippen molar-refractivity contribution in [2.24, 2.45) is 5.41 Å². The summed E-state index contributed by atoms with van der Waals surface area (Å²) in [4.78, 5) is 10.5. The van der Waals surface area contributed by atoms with Gasteiger partial charge in [-0.15, -0.1) is 0 Å². The summed E-state index contributed by atoms with van der Waals surface area (Å²) < 4.78 is 0. The second-order valence-corrected chi connectivity index (χ2v) is 3.72. The Labute approximate surface area is 76.6 Å². The molecule has 12 heavy (non-hydrogen) atoms. The molecule has 0 fully saturated rings. The number of rotatable bonds is 7. The average Bonchev–Trinajstić information content (AvgIpc) is 2.06. The first-order valence-electron chi connectivity index (χ1n) is 5.18. The van der Waals surface area contributed by atoms with Crippen LogP contribution in [0, 0.1) is 5.41 Å². The highest BCUT2D eigenvalue weighted by molar-refractivity contribution is 5.50. The van der Waals surface area contributed by atoms with Gasteiger partial charge >= 0.3 is 0 Å². The fraction of sp³-hybridized carbons (Fsp3) is 0.909. The Balaban J connectivity index is 4.15. The lowest BCUT2D eigenvalue weighted by Crippen LogP contribution is -2.20. The van der Waals surface area contributed by atoms with E-state index in [4.69, 9.17) is 0 Å². The molecule has 0 radical (unpaired) electrons.